The Morgan fingerprint density at radius 3 is 2.22 bits per heavy atom. The SMILES string of the molecule is OCC1(c2ccc(F)cc2F)OC1c1ccc(C(F)(F)F)cc1. The summed E-state index contributed by atoms with van der Waals surface area (Å²) in [6.45, 7) is -0.582. The Morgan fingerprint density at radius 1 is 1.04 bits per heavy atom. The number of aliphatic hydroxyl groups is 1. The molecule has 0 amide bonds. The van der Waals surface area contributed by atoms with Crippen molar-refractivity contribution >= 4 is 0 Å². The van der Waals surface area contributed by atoms with E-state index in [2.05, 4.69) is 0 Å². The van der Waals surface area contributed by atoms with E-state index in [-0.39, 0.29) is 5.56 Å². The van der Waals surface area contributed by atoms with Gasteiger partial charge in [-0.15, -0.1) is 0 Å². The summed E-state index contributed by atoms with van der Waals surface area (Å²) < 4.78 is 69.9. The van der Waals surface area contributed by atoms with Crippen molar-refractivity contribution in [2.24, 2.45) is 0 Å². The molecule has 3 rings (SSSR count). The molecule has 1 fully saturated rings. The van der Waals surface area contributed by atoms with E-state index < -0.39 is 41.7 Å². The molecule has 1 heterocycles. The fourth-order valence-corrected chi connectivity index (χ4v) is 2.60. The number of alkyl halides is 3. The zero-order valence-corrected chi connectivity index (χ0v) is 11.6. The lowest BCUT2D eigenvalue weighted by molar-refractivity contribution is -0.137. The van der Waals surface area contributed by atoms with Crippen molar-refractivity contribution in [1.82, 2.24) is 0 Å². The number of halogens is 5. The van der Waals surface area contributed by atoms with E-state index in [1.165, 1.54) is 12.1 Å². The van der Waals surface area contributed by atoms with Crippen molar-refractivity contribution in [3.8, 4) is 0 Å². The van der Waals surface area contributed by atoms with E-state index in [9.17, 15) is 27.1 Å². The van der Waals surface area contributed by atoms with Crippen molar-refractivity contribution in [1.29, 1.82) is 0 Å². The van der Waals surface area contributed by atoms with E-state index in [1.54, 1.807) is 0 Å². The van der Waals surface area contributed by atoms with Gasteiger partial charge in [-0.2, -0.15) is 13.2 Å². The van der Waals surface area contributed by atoms with Crippen molar-refractivity contribution in [3.63, 3.8) is 0 Å². The molecule has 2 aromatic carbocycles. The van der Waals surface area contributed by atoms with Crippen molar-refractivity contribution in [2.75, 3.05) is 6.61 Å². The molecule has 2 unspecified atom stereocenters. The van der Waals surface area contributed by atoms with Gasteiger partial charge in [0.15, 0.2) is 5.60 Å². The minimum atomic E-state index is -4.46. The summed E-state index contributed by atoms with van der Waals surface area (Å²) in [6.07, 6.45) is -5.25. The smallest absolute Gasteiger partial charge is 0.393 e. The summed E-state index contributed by atoms with van der Waals surface area (Å²) in [5.74, 6) is -1.65. The van der Waals surface area contributed by atoms with Crippen LogP contribution >= 0.6 is 0 Å². The van der Waals surface area contributed by atoms with Crippen LogP contribution in [0, 0.1) is 11.6 Å². The van der Waals surface area contributed by atoms with Gasteiger partial charge in [-0.05, 0) is 23.8 Å². The van der Waals surface area contributed by atoms with Gasteiger partial charge in [0.1, 0.15) is 17.7 Å². The molecular weight excluding hydrogens is 319 g/mol. The van der Waals surface area contributed by atoms with Crippen molar-refractivity contribution in [3.05, 3.63) is 70.8 Å². The third-order valence-corrected chi connectivity index (χ3v) is 3.86. The second-order valence-electron chi connectivity index (χ2n) is 5.29. The highest BCUT2D eigenvalue weighted by Crippen LogP contribution is 2.57. The van der Waals surface area contributed by atoms with Crippen LogP contribution in [0.1, 0.15) is 22.8 Å². The maximum Gasteiger partial charge on any atom is 0.416 e. The molecule has 0 aliphatic carbocycles. The molecule has 7 heteroatoms. The molecule has 122 valence electrons. The van der Waals surface area contributed by atoms with Crippen LogP contribution in [0.5, 0.6) is 0 Å². The van der Waals surface area contributed by atoms with Crippen LogP contribution in [-0.2, 0) is 16.5 Å². The van der Waals surface area contributed by atoms with Crippen molar-refractivity contribution < 1.29 is 31.8 Å². The molecule has 0 saturated carbocycles. The molecule has 23 heavy (non-hydrogen) atoms. The summed E-state index contributed by atoms with van der Waals surface area (Å²) in [4.78, 5) is 0. The molecule has 1 N–H and O–H groups in total. The highest BCUT2D eigenvalue weighted by Gasteiger charge is 2.59. The minimum absolute atomic E-state index is 0.0358. The van der Waals surface area contributed by atoms with Gasteiger partial charge >= 0.3 is 6.18 Å². The predicted octanol–water partition coefficient (Wildman–Crippen LogP) is 3.94. The topological polar surface area (TPSA) is 32.8 Å². The Morgan fingerprint density at radius 2 is 1.70 bits per heavy atom. The van der Waals surface area contributed by atoms with Gasteiger partial charge in [-0.3, -0.25) is 0 Å². The Kier molecular flexibility index (Phi) is 3.65. The summed E-state index contributed by atoms with van der Waals surface area (Å²) in [5, 5.41) is 9.55. The van der Waals surface area contributed by atoms with Gasteiger partial charge in [0, 0.05) is 11.6 Å². The number of ether oxygens (including phenoxy) is 1. The first kappa shape index (κ1) is 15.9. The first-order valence-electron chi connectivity index (χ1n) is 6.69. The zero-order valence-electron chi connectivity index (χ0n) is 11.6. The lowest BCUT2D eigenvalue weighted by atomic mass is 9.91. The highest BCUT2D eigenvalue weighted by molar-refractivity contribution is 5.38. The van der Waals surface area contributed by atoms with Crippen LogP contribution in [0.25, 0.3) is 0 Å². The minimum Gasteiger partial charge on any atom is -0.393 e. The molecule has 0 spiro atoms. The lowest BCUT2D eigenvalue weighted by Crippen LogP contribution is -2.17. The lowest BCUT2D eigenvalue weighted by Gasteiger charge is -2.12. The number of benzene rings is 2. The fraction of sp³-hybridized carbons (Fsp3) is 0.250. The molecule has 2 aromatic rings. The van der Waals surface area contributed by atoms with Crippen molar-refractivity contribution in [2.45, 2.75) is 17.9 Å². The number of aliphatic hydroxyl groups excluding tert-OH is 1. The molecular formula is C16H11F5O2. The quantitative estimate of drug-likeness (QED) is 0.683. The van der Waals surface area contributed by atoms with Crippen LogP contribution in [0.2, 0.25) is 0 Å². The third kappa shape index (κ3) is 2.70. The van der Waals surface area contributed by atoms with Gasteiger partial charge in [0.25, 0.3) is 0 Å². The van der Waals surface area contributed by atoms with E-state index in [0.717, 1.165) is 24.3 Å². The Bertz CT molecular complexity index is 726. The average Bonchev–Trinajstić information content (AvgIpc) is 3.22. The van der Waals surface area contributed by atoms with Gasteiger partial charge in [0.05, 0.1) is 12.2 Å². The predicted molar refractivity (Wildman–Crippen MR) is 70.4 cm³/mol. The summed E-state index contributed by atoms with van der Waals surface area (Å²) in [7, 11) is 0. The summed E-state index contributed by atoms with van der Waals surface area (Å²) in [6, 6.07) is 7.06. The fourth-order valence-electron chi connectivity index (χ4n) is 2.60. The van der Waals surface area contributed by atoms with E-state index in [1.807, 2.05) is 0 Å². The Balaban J connectivity index is 1.91. The second-order valence-corrected chi connectivity index (χ2v) is 5.29. The highest BCUT2D eigenvalue weighted by atomic mass is 19.4. The third-order valence-electron chi connectivity index (χ3n) is 3.86. The largest absolute Gasteiger partial charge is 0.416 e. The molecule has 0 aromatic heterocycles. The average molecular weight is 330 g/mol. The van der Waals surface area contributed by atoms with Crippen LogP contribution < -0.4 is 0 Å². The molecule has 1 saturated heterocycles. The monoisotopic (exact) mass is 330 g/mol. The standard InChI is InChI=1S/C16H11F5O2/c17-11-5-6-12(13(18)7-11)15(8-22)14(23-15)9-1-3-10(4-2-9)16(19,20)21/h1-7,14,22H,8H2. The van der Waals surface area contributed by atoms with Crippen LogP contribution in [0.4, 0.5) is 22.0 Å². The second kappa shape index (κ2) is 5.28. The first-order valence-corrected chi connectivity index (χ1v) is 6.69. The van der Waals surface area contributed by atoms with Gasteiger partial charge < -0.3 is 9.84 Å². The molecule has 1 aliphatic rings. The van der Waals surface area contributed by atoms with Crippen LogP contribution in [0.3, 0.4) is 0 Å². The van der Waals surface area contributed by atoms with E-state index >= 15 is 0 Å². The molecule has 0 radical (unpaired) electrons. The number of rotatable bonds is 3. The number of hydrogen-bond donors (Lipinski definition) is 1. The van der Waals surface area contributed by atoms with Crippen LogP contribution in [0.15, 0.2) is 42.5 Å². The normalized spacial score (nSPS) is 23.8. The first-order chi connectivity index (χ1) is 10.8. The number of epoxide rings is 1. The van der Waals surface area contributed by atoms with Crippen LogP contribution in [-0.4, -0.2) is 11.7 Å². The van der Waals surface area contributed by atoms with Gasteiger partial charge in [-0.1, -0.05) is 18.2 Å². The molecule has 2 atom stereocenters. The zero-order chi connectivity index (χ0) is 16.8. The summed E-state index contributed by atoms with van der Waals surface area (Å²) >= 11 is 0. The maximum atomic E-state index is 13.9. The Labute approximate surface area is 128 Å². The molecule has 1 aliphatic heterocycles. The molecule has 0 bridgehead atoms. The van der Waals surface area contributed by atoms with E-state index in [4.69, 9.17) is 4.74 Å². The molecule has 2 nitrogen and oxygen atoms in total. The Hall–Kier alpha value is -1.99. The van der Waals surface area contributed by atoms with Gasteiger partial charge in [0.2, 0.25) is 0 Å². The van der Waals surface area contributed by atoms with Gasteiger partial charge in [-0.25, -0.2) is 8.78 Å². The van der Waals surface area contributed by atoms with E-state index in [0.29, 0.717) is 11.6 Å². The number of hydrogen-bond acceptors (Lipinski definition) is 2. The summed E-state index contributed by atoms with van der Waals surface area (Å²) in [5.41, 5.74) is -1.89. The maximum absolute atomic E-state index is 13.9.